The van der Waals surface area contributed by atoms with E-state index in [1.807, 2.05) is 78.9 Å². The van der Waals surface area contributed by atoms with E-state index < -0.39 is 0 Å². The fourth-order valence-corrected chi connectivity index (χ4v) is 6.23. The third kappa shape index (κ3) is 4.77. The molecule has 48 heavy (non-hydrogen) atoms. The zero-order valence-corrected chi connectivity index (χ0v) is 25.4. The van der Waals surface area contributed by atoms with Crippen molar-refractivity contribution in [2.75, 3.05) is 0 Å². The number of fused-ring (bicyclic) bond motifs is 5. The van der Waals surface area contributed by atoms with Crippen LogP contribution in [-0.4, -0.2) is 15.0 Å². The first kappa shape index (κ1) is 28.3. The minimum Gasteiger partial charge on any atom is -0.247 e. The zero-order chi connectivity index (χ0) is 32.6. The van der Waals surface area contributed by atoms with Gasteiger partial charge in [-0.2, -0.15) is 15.8 Å². The molecule has 0 saturated carbocycles. The van der Waals surface area contributed by atoms with E-state index in [1.54, 1.807) is 30.3 Å². The molecule has 0 amide bonds. The van der Waals surface area contributed by atoms with E-state index in [4.69, 9.17) is 15.0 Å². The number of nitriles is 3. The number of para-hydroxylation sites is 1. The highest BCUT2D eigenvalue weighted by molar-refractivity contribution is 6.24. The summed E-state index contributed by atoms with van der Waals surface area (Å²) in [4.78, 5) is 16.0. The summed E-state index contributed by atoms with van der Waals surface area (Å²) >= 11 is 0. The number of benzene rings is 6. The summed E-state index contributed by atoms with van der Waals surface area (Å²) in [5, 5.41) is 31.4. The van der Waals surface area contributed by atoms with Crippen molar-refractivity contribution in [1.82, 2.24) is 15.0 Å². The Kier molecular flexibility index (Phi) is 6.85. The Morgan fingerprint density at radius 3 is 1.62 bits per heavy atom. The van der Waals surface area contributed by atoms with Gasteiger partial charge in [0.05, 0.1) is 68.5 Å². The summed E-state index contributed by atoms with van der Waals surface area (Å²) in [6.07, 6.45) is 0. The van der Waals surface area contributed by atoms with Crippen LogP contribution in [0.4, 0.5) is 0 Å². The Balaban J connectivity index is 1.58. The lowest BCUT2D eigenvalue weighted by Gasteiger charge is -2.18. The molecule has 0 unspecified atom stereocenters. The molecule has 2 heterocycles. The van der Waals surface area contributed by atoms with Gasteiger partial charge in [-0.15, -0.1) is 0 Å². The fraction of sp³-hybridized carbons (Fsp3) is 0. The summed E-state index contributed by atoms with van der Waals surface area (Å²) in [7, 11) is 0. The number of nitrogens with zero attached hydrogens (tertiary/aromatic N) is 6. The number of hydrogen-bond acceptors (Lipinski definition) is 6. The molecule has 8 rings (SSSR count). The largest absolute Gasteiger partial charge is 0.247 e. The summed E-state index contributed by atoms with van der Waals surface area (Å²) < 4.78 is 0. The van der Waals surface area contributed by atoms with Gasteiger partial charge in [-0.3, -0.25) is 0 Å². The smallest absolute Gasteiger partial charge is 0.0991 e. The zero-order valence-electron chi connectivity index (χ0n) is 25.4. The molecule has 0 N–H and O–H groups in total. The van der Waals surface area contributed by atoms with Crippen LogP contribution in [0, 0.1) is 34.0 Å². The average Bonchev–Trinajstić information content (AvgIpc) is 3.17. The van der Waals surface area contributed by atoms with Crippen LogP contribution in [0.3, 0.4) is 0 Å². The van der Waals surface area contributed by atoms with Gasteiger partial charge in [0.15, 0.2) is 0 Å². The molecule has 0 radical (unpaired) electrons. The molecule has 6 nitrogen and oxygen atoms in total. The molecule has 8 aromatic rings. The van der Waals surface area contributed by atoms with Gasteiger partial charge in [0.25, 0.3) is 0 Å². The first-order chi connectivity index (χ1) is 23.6. The summed E-state index contributed by atoms with van der Waals surface area (Å²) in [5.41, 5.74) is 10.3. The Morgan fingerprint density at radius 2 is 0.979 bits per heavy atom. The second kappa shape index (κ2) is 11.6. The Morgan fingerprint density at radius 1 is 0.396 bits per heavy atom. The van der Waals surface area contributed by atoms with Crippen molar-refractivity contribution in [3.05, 3.63) is 150 Å². The second-order valence-electron chi connectivity index (χ2n) is 11.4. The SMILES string of the molecule is N#Cc1ccc(-c2nc3c(-c4ccccc4)cc4c(-c5cccc(C#N)c5)nc5ccccc5c4c3nc2-c2ccc(C#N)cc2)cc1. The summed E-state index contributed by atoms with van der Waals surface area (Å²) in [6, 6.07) is 49.1. The van der Waals surface area contributed by atoms with Crippen LogP contribution < -0.4 is 0 Å². The number of hydrogen-bond donors (Lipinski definition) is 0. The predicted molar refractivity (Wildman–Crippen MR) is 188 cm³/mol. The van der Waals surface area contributed by atoms with Gasteiger partial charge in [-0.1, -0.05) is 84.9 Å². The van der Waals surface area contributed by atoms with Gasteiger partial charge in [0.1, 0.15) is 0 Å². The molecule has 0 fully saturated rings. The Labute approximate surface area is 276 Å². The van der Waals surface area contributed by atoms with E-state index in [9.17, 15) is 15.8 Å². The molecule has 2 aromatic heterocycles. The lowest BCUT2D eigenvalue weighted by Crippen LogP contribution is -2.00. The molecule has 0 saturated heterocycles. The third-order valence-corrected chi connectivity index (χ3v) is 8.53. The normalized spacial score (nSPS) is 10.9. The van der Waals surface area contributed by atoms with Crippen LogP contribution in [0.2, 0.25) is 0 Å². The molecule has 0 spiro atoms. The maximum Gasteiger partial charge on any atom is 0.0991 e. The van der Waals surface area contributed by atoms with Crippen LogP contribution >= 0.6 is 0 Å². The van der Waals surface area contributed by atoms with Crippen molar-refractivity contribution in [1.29, 1.82) is 15.8 Å². The monoisotopic (exact) mass is 610 g/mol. The average molecular weight is 611 g/mol. The van der Waals surface area contributed by atoms with Crippen molar-refractivity contribution in [2.24, 2.45) is 0 Å². The number of aromatic nitrogens is 3. The molecule has 6 heteroatoms. The predicted octanol–water partition coefficient (Wildman–Crippen LogP) is 9.61. The van der Waals surface area contributed by atoms with E-state index >= 15 is 0 Å². The number of pyridine rings is 1. The van der Waals surface area contributed by atoms with Gasteiger partial charge in [0, 0.05) is 38.4 Å². The minimum absolute atomic E-state index is 0.547. The van der Waals surface area contributed by atoms with Crippen LogP contribution in [0.15, 0.2) is 133 Å². The molecule has 0 atom stereocenters. The van der Waals surface area contributed by atoms with Gasteiger partial charge in [-0.25, -0.2) is 15.0 Å². The highest BCUT2D eigenvalue weighted by atomic mass is 14.8. The van der Waals surface area contributed by atoms with Crippen molar-refractivity contribution in [3.8, 4) is 63.1 Å². The van der Waals surface area contributed by atoms with Crippen molar-refractivity contribution >= 4 is 32.7 Å². The fourth-order valence-electron chi connectivity index (χ4n) is 6.23. The van der Waals surface area contributed by atoms with E-state index in [0.717, 1.165) is 60.7 Å². The maximum absolute atomic E-state index is 9.73. The standard InChI is InChI=1S/C42H22N6/c43-23-26-13-17-30(18-14-26)39-40(31-19-15-27(24-44)16-20-31)48-42-37-33-11-4-5-12-36(33)46-38(32-10-6-7-28(21-32)25-45)35(37)22-34(41(42)47-39)29-8-2-1-3-9-29/h1-22H. The van der Waals surface area contributed by atoms with Crippen LogP contribution in [-0.2, 0) is 0 Å². The maximum atomic E-state index is 9.73. The molecule has 0 bridgehead atoms. The first-order valence-corrected chi connectivity index (χ1v) is 15.3. The summed E-state index contributed by atoms with van der Waals surface area (Å²) in [6.45, 7) is 0. The van der Waals surface area contributed by atoms with Gasteiger partial charge in [-0.05, 0) is 54.1 Å². The highest BCUT2D eigenvalue weighted by Gasteiger charge is 2.22. The summed E-state index contributed by atoms with van der Waals surface area (Å²) in [5.74, 6) is 0. The van der Waals surface area contributed by atoms with Crippen molar-refractivity contribution in [2.45, 2.75) is 0 Å². The van der Waals surface area contributed by atoms with E-state index in [0.29, 0.717) is 33.6 Å². The van der Waals surface area contributed by atoms with E-state index in [2.05, 4.69) is 42.5 Å². The minimum atomic E-state index is 0.547. The Bertz CT molecular complexity index is 2680. The molecule has 0 aliphatic rings. The third-order valence-electron chi connectivity index (χ3n) is 8.53. The first-order valence-electron chi connectivity index (χ1n) is 15.3. The number of rotatable bonds is 4. The van der Waals surface area contributed by atoms with E-state index in [1.165, 1.54) is 0 Å². The van der Waals surface area contributed by atoms with E-state index in [-0.39, 0.29) is 0 Å². The quantitative estimate of drug-likeness (QED) is 0.184. The van der Waals surface area contributed by atoms with Gasteiger partial charge >= 0.3 is 0 Å². The molecular weight excluding hydrogens is 589 g/mol. The second-order valence-corrected chi connectivity index (χ2v) is 11.4. The van der Waals surface area contributed by atoms with Crippen LogP contribution in [0.1, 0.15) is 16.7 Å². The van der Waals surface area contributed by atoms with Crippen LogP contribution in [0.5, 0.6) is 0 Å². The molecule has 6 aromatic carbocycles. The van der Waals surface area contributed by atoms with Crippen LogP contribution in [0.25, 0.3) is 77.6 Å². The lowest BCUT2D eigenvalue weighted by molar-refractivity contribution is 1.30. The lowest BCUT2D eigenvalue weighted by atomic mass is 9.92. The molecular formula is C42H22N6. The van der Waals surface area contributed by atoms with Crippen molar-refractivity contribution < 1.29 is 0 Å². The molecule has 0 aliphatic heterocycles. The molecule has 220 valence electrons. The van der Waals surface area contributed by atoms with Gasteiger partial charge in [0.2, 0.25) is 0 Å². The van der Waals surface area contributed by atoms with Gasteiger partial charge < -0.3 is 0 Å². The highest BCUT2D eigenvalue weighted by Crippen LogP contribution is 2.43. The molecule has 0 aliphatic carbocycles. The Hall–Kier alpha value is -7.20. The topological polar surface area (TPSA) is 110 Å². The van der Waals surface area contributed by atoms with Crippen molar-refractivity contribution in [3.63, 3.8) is 0 Å².